The van der Waals surface area contributed by atoms with Crippen LogP contribution < -0.4 is 10.2 Å². The standard InChI is InChI=1S/C13H19N5O/c1-3-5-14-13-15-6-4-12(16-13)18-9-7-17(8-10-18)11(2)19/h3-4,6H,1,5,7-10H2,2H3,(H,14,15,16). The van der Waals surface area contributed by atoms with Crippen LogP contribution in [0, 0.1) is 0 Å². The Bertz CT molecular complexity index is 454. The molecule has 0 atom stereocenters. The van der Waals surface area contributed by atoms with Crippen molar-refractivity contribution in [3.05, 3.63) is 24.9 Å². The first-order chi connectivity index (χ1) is 9.20. The minimum absolute atomic E-state index is 0.135. The van der Waals surface area contributed by atoms with Gasteiger partial charge in [0.25, 0.3) is 0 Å². The van der Waals surface area contributed by atoms with Crippen molar-refractivity contribution in [1.29, 1.82) is 0 Å². The van der Waals surface area contributed by atoms with Gasteiger partial charge < -0.3 is 15.1 Å². The van der Waals surface area contributed by atoms with Crippen LogP contribution in [-0.4, -0.2) is 53.5 Å². The van der Waals surface area contributed by atoms with Crippen LogP contribution in [0.5, 0.6) is 0 Å². The number of hydrogen-bond acceptors (Lipinski definition) is 5. The lowest BCUT2D eigenvalue weighted by Crippen LogP contribution is -2.48. The van der Waals surface area contributed by atoms with E-state index in [1.807, 2.05) is 11.0 Å². The Morgan fingerprint density at radius 3 is 2.84 bits per heavy atom. The molecule has 0 radical (unpaired) electrons. The minimum atomic E-state index is 0.135. The lowest BCUT2D eigenvalue weighted by Gasteiger charge is -2.34. The number of amides is 1. The van der Waals surface area contributed by atoms with Gasteiger partial charge in [0, 0.05) is 45.8 Å². The molecule has 2 heterocycles. The number of anilines is 2. The number of piperazine rings is 1. The molecular formula is C13H19N5O. The molecule has 6 nitrogen and oxygen atoms in total. The molecule has 1 saturated heterocycles. The van der Waals surface area contributed by atoms with E-state index in [2.05, 4.69) is 26.8 Å². The lowest BCUT2D eigenvalue weighted by atomic mass is 10.3. The van der Waals surface area contributed by atoms with Crippen molar-refractivity contribution in [3.8, 4) is 0 Å². The van der Waals surface area contributed by atoms with Crippen LogP contribution in [0.4, 0.5) is 11.8 Å². The Hall–Kier alpha value is -2.11. The van der Waals surface area contributed by atoms with Gasteiger partial charge in [0.15, 0.2) is 0 Å². The Balaban J connectivity index is 1.99. The van der Waals surface area contributed by atoms with E-state index in [1.54, 1.807) is 19.2 Å². The first kappa shape index (κ1) is 13.3. The number of hydrogen-bond donors (Lipinski definition) is 1. The van der Waals surface area contributed by atoms with E-state index < -0.39 is 0 Å². The summed E-state index contributed by atoms with van der Waals surface area (Å²) in [4.78, 5) is 23.9. The molecule has 2 rings (SSSR count). The smallest absolute Gasteiger partial charge is 0.224 e. The highest BCUT2D eigenvalue weighted by Crippen LogP contribution is 2.14. The fourth-order valence-corrected chi connectivity index (χ4v) is 2.02. The monoisotopic (exact) mass is 261 g/mol. The van der Waals surface area contributed by atoms with Gasteiger partial charge in [-0.05, 0) is 6.07 Å². The Morgan fingerprint density at radius 1 is 1.47 bits per heavy atom. The third-order valence-corrected chi connectivity index (χ3v) is 3.09. The number of aromatic nitrogens is 2. The molecule has 0 aromatic carbocycles. The summed E-state index contributed by atoms with van der Waals surface area (Å²) in [6.45, 7) is 8.99. The van der Waals surface area contributed by atoms with E-state index in [0.717, 1.165) is 32.0 Å². The molecule has 1 N–H and O–H groups in total. The quantitative estimate of drug-likeness (QED) is 0.810. The molecular weight excluding hydrogens is 242 g/mol. The number of nitrogens with one attached hydrogen (secondary N) is 1. The molecule has 0 unspecified atom stereocenters. The molecule has 1 aromatic rings. The molecule has 102 valence electrons. The van der Waals surface area contributed by atoms with Crippen LogP contribution in [0.15, 0.2) is 24.9 Å². The van der Waals surface area contributed by atoms with Crippen molar-refractivity contribution in [3.63, 3.8) is 0 Å². The van der Waals surface area contributed by atoms with E-state index in [1.165, 1.54) is 0 Å². The van der Waals surface area contributed by atoms with Crippen LogP contribution >= 0.6 is 0 Å². The molecule has 1 fully saturated rings. The first-order valence-corrected chi connectivity index (χ1v) is 6.39. The molecule has 0 saturated carbocycles. The third-order valence-electron chi connectivity index (χ3n) is 3.09. The summed E-state index contributed by atoms with van der Waals surface area (Å²) in [6, 6.07) is 1.89. The summed E-state index contributed by atoms with van der Waals surface area (Å²) in [5, 5.41) is 3.07. The van der Waals surface area contributed by atoms with Gasteiger partial charge in [-0.15, -0.1) is 6.58 Å². The highest BCUT2D eigenvalue weighted by atomic mass is 16.2. The van der Waals surface area contributed by atoms with Crippen LogP contribution in [0.1, 0.15) is 6.92 Å². The SMILES string of the molecule is C=CCNc1nccc(N2CCN(C(C)=O)CC2)n1. The molecule has 1 amide bonds. The number of carbonyl (C=O) groups excluding carboxylic acids is 1. The normalized spacial score (nSPS) is 15.2. The van der Waals surface area contributed by atoms with E-state index in [4.69, 9.17) is 0 Å². The Kier molecular flexibility index (Phi) is 4.33. The number of carbonyl (C=O) groups is 1. The maximum Gasteiger partial charge on any atom is 0.224 e. The second kappa shape index (κ2) is 6.17. The second-order valence-corrected chi connectivity index (χ2v) is 4.40. The zero-order chi connectivity index (χ0) is 13.7. The maximum atomic E-state index is 11.3. The molecule has 1 aromatic heterocycles. The summed E-state index contributed by atoms with van der Waals surface area (Å²) >= 11 is 0. The highest BCUT2D eigenvalue weighted by Gasteiger charge is 2.19. The zero-order valence-electron chi connectivity index (χ0n) is 11.2. The van der Waals surface area contributed by atoms with E-state index >= 15 is 0 Å². The van der Waals surface area contributed by atoms with Gasteiger partial charge >= 0.3 is 0 Å². The van der Waals surface area contributed by atoms with Crippen molar-refractivity contribution in [1.82, 2.24) is 14.9 Å². The van der Waals surface area contributed by atoms with Crippen LogP contribution in [0.3, 0.4) is 0 Å². The van der Waals surface area contributed by atoms with Crippen molar-refractivity contribution in [2.75, 3.05) is 42.9 Å². The average Bonchev–Trinajstić information content (AvgIpc) is 2.45. The van der Waals surface area contributed by atoms with Crippen molar-refractivity contribution in [2.45, 2.75) is 6.92 Å². The summed E-state index contributed by atoms with van der Waals surface area (Å²) in [5.74, 6) is 1.63. The summed E-state index contributed by atoms with van der Waals surface area (Å²) in [5.41, 5.74) is 0. The highest BCUT2D eigenvalue weighted by molar-refractivity contribution is 5.73. The predicted octanol–water partition coefficient (Wildman–Crippen LogP) is 0.743. The van der Waals surface area contributed by atoms with Gasteiger partial charge in [-0.3, -0.25) is 4.79 Å². The largest absolute Gasteiger partial charge is 0.353 e. The summed E-state index contributed by atoms with van der Waals surface area (Å²) < 4.78 is 0. The molecule has 0 bridgehead atoms. The Labute approximate surface area is 113 Å². The predicted molar refractivity (Wildman–Crippen MR) is 75.2 cm³/mol. The minimum Gasteiger partial charge on any atom is -0.353 e. The van der Waals surface area contributed by atoms with Gasteiger partial charge in [0.2, 0.25) is 11.9 Å². The first-order valence-electron chi connectivity index (χ1n) is 6.39. The number of rotatable bonds is 4. The zero-order valence-corrected chi connectivity index (χ0v) is 11.2. The van der Waals surface area contributed by atoms with Crippen LogP contribution in [-0.2, 0) is 4.79 Å². The van der Waals surface area contributed by atoms with Gasteiger partial charge in [0.1, 0.15) is 5.82 Å². The fraction of sp³-hybridized carbons (Fsp3) is 0.462. The van der Waals surface area contributed by atoms with Crippen molar-refractivity contribution >= 4 is 17.7 Å². The van der Waals surface area contributed by atoms with Crippen molar-refractivity contribution < 1.29 is 4.79 Å². The summed E-state index contributed by atoms with van der Waals surface area (Å²) in [7, 11) is 0. The van der Waals surface area contributed by atoms with E-state index in [9.17, 15) is 4.79 Å². The molecule has 1 aliphatic heterocycles. The van der Waals surface area contributed by atoms with E-state index in [0.29, 0.717) is 12.5 Å². The van der Waals surface area contributed by atoms with Gasteiger partial charge in [-0.1, -0.05) is 6.08 Å². The second-order valence-electron chi connectivity index (χ2n) is 4.40. The Morgan fingerprint density at radius 2 is 2.21 bits per heavy atom. The third kappa shape index (κ3) is 3.43. The average molecular weight is 261 g/mol. The fourth-order valence-electron chi connectivity index (χ4n) is 2.02. The summed E-state index contributed by atoms with van der Waals surface area (Å²) in [6.07, 6.45) is 3.51. The van der Waals surface area contributed by atoms with Gasteiger partial charge in [0.05, 0.1) is 0 Å². The lowest BCUT2D eigenvalue weighted by molar-refractivity contribution is -0.129. The molecule has 6 heteroatoms. The number of nitrogens with zero attached hydrogens (tertiary/aromatic N) is 4. The van der Waals surface area contributed by atoms with Crippen LogP contribution in [0.2, 0.25) is 0 Å². The van der Waals surface area contributed by atoms with Gasteiger partial charge in [-0.2, -0.15) is 4.98 Å². The maximum absolute atomic E-state index is 11.3. The molecule has 1 aliphatic rings. The van der Waals surface area contributed by atoms with Gasteiger partial charge in [-0.25, -0.2) is 4.98 Å². The molecule has 0 spiro atoms. The molecule has 0 aliphatic carbocycles. The topological polar surface area (TPSA) is 61.4 Å². The van der Waals surface area contributed by atoms with E-state index in [-0.39, 0.29) is 5.91 Å². The van der Waals surface area contributed by atoms with Crippen LogP contribution in [0.25, 0.3) is 0 Å². The van der Waals surface area contributed by atoms with Crippen molar-refractivity contribution in [2.24, 2.45) is 0 Å². The molecule has 19 heavy (non-hydrogen) atoms.